The van der Waals surface area contributed by atoms with Gasteiger partial charge in [-0.05, 0) is 31.7 Å². The Morgan fingerprint density at radius 1 is 1.25 bits per heavy atom. The van der Waals surface area contributed by atoms with Crippen LogP contribution >= 0.6 is 0 Å². The molecule has 0 bridgehead atoms. The van der Waals surface area contributed by atoms with Crippen LogP contribution in [0.1, 0.15) is 53.4 Å². The molecular formula is C18H35N5O. The summed E-state index contributed by atoms with van der Waals surface area (Å²) < 4.78 is 1.94. The van der Waals surface area contributed by atoms with Gasteiger partial charge in [-0.2, -0.15) is 5.10 Å². The fourth-order valence-electron chi connectivity index (χ4n) is 2.85. The Bertz CT molecular complexity index is 452. The lowest BCUT2D eigenvalue weighted by atomic mass is 9.93. The first-order valence-corrected chi connectivity index (χ1v) is 9.25. The van der Waals surface area contributed by atoms with E-state index in [0.29, 0.717) is 12.5 Å². The molecule has 1 heterocycles. The smallest absolute Gasteiger partial charge is 0.191 e. The lowest BCUT2D eigenvalue weighted by molar-refractivity contribution is 0.0306. The van der Waals surface area contributed by atoms with E-state index in [4.69, 9.17) is 0 Å². The molecule has 3 N–H and O–H groups in total. The number of rotatable bonds is 11. The number of guanidine groups is 1. The molecular weight excluding hydrogens is 302 g/mol. The summed E-state index contributed by atoms with van der Waals surface area (Å²) in [4.78, 5) is 4.61. The molecule has 1 atom stereocenters. The van der Waals surface area contributed by atoms with Crippen molar-refractivity contribution < 1.29 is 5.11 Å². The van der Waals surface area contributed by atoms with Crippen LogP contribution in [0.3, 0.4) is 0 Å². The SMILES string of the molecule is CCCC(O)(CCC)CN=C(NCC)NCC(C)Cn1cccn1. The lowest BCUT2D eigenvalue weighted by Crippen LogP contribution is -2.42. The predicted molar refractivity (Wildman–Crippen MR) is 100 cm³/mol. The third-order valence-corrected chi connectivity index (χ3v) is 3.98. The van der Waals surface area contributed by atoms with Gasteiger partial charge in [0.15, 0.2) is 5.96 Å². The normalized spacial score (nSPS) is 13.8. The minimum absolute atomic E-state index is 0.430. The molecule has 24 heavy (non-hydrogen) atoms. The Balaban J connectivity index is 2.54. The number of nitrogens with one attached hydrogen (secondary N) is 2. The number of aromatic nitrogens is 2. The van der Waals surface area contributed by atoms with Crippen LogP contribution in [0.5, 0.6) is 0 Å². The van der Waals surface area contributed by atoms with Crippen molar-refractivity contribution in [2.45, 2.75) is 65.5 Å². The van der Waals surface area contributed by atoms with Crippen LogP contribution < -0.4 is 10.6 Å². The fraction of sp³-hybridized carbons (Fsp3) is 0.778. The second-order valence-corrected chi connectivity index (χ2v) is 6.63. The monoisotopic (exact) mass is 337 g/mol. The van der Waals surface area contributed by atoms with Crippen LogP contribution in [-0.4, -0.2) is 46.1 Å². The third-order valence-electron chi connectivity index (χ3n) is 3.98. The van der Waals surface area contributed by atoms with Crippen molar-refractivity contribution in [2.75, 3.05) is 19.6 Å². The average molecular weight is 338 g/mol. The lowest BCUT2D eigenvalue weighted by Gasteiger charge is -2.26. The van der Waals surface area contributed by atoms with E-state index in [1.807, 2.05) is 16.9 Å². The van der Waals surface area contributed by atoms with Gasteiger partial charge in [-0.3, -0.25) is 9.67 Å². The minimum Gasteiger partial charge on any atom is -0.388 e. The number of hydrogen-bond donors (Lipinski definition) is 3. The third kappa shape index (κ3) is 7.81. The molecule has 0 aliphatic rings. The Labute approximate surface area is 146 Å². The van der Waals surface area contributed by atoms with E-state index in [1.54, 1.807) is 6.20 Å². The second-order valence-electron chi connectivity index (χ2n) is 6.63. The van der Waals surface area contributed by atoms with E-state index in [-0.39, 0.29) is 0 Å². The van der Waals surface area contributed by atoms with Gasteiger partial charge < -0.3 is 15.7 Å². The van der Waals surface area contributed by atoms with E-state index in [2.05, 4.69) is 48.4 Å². The van der Waals surface area contributed by atoms with E-state index in [0.717, 1.165) is 51.3 Å². The minimum atomic E-state index is -0.688. The number of hydrogen-bond acceptors (Lipinski definition) is 3. The Morgan fingerprint density at radius 3 is 2.50 bits per heavy atom. The number of aliphatic hydroxyl groups is 1. The van der Waals surface area contributed by atoms with E-state index >= 15 is 0 Å². The first-order valence-electron chi connectivity index (χ1n) is 9.25. The molecule has 0 aliphatic carbocycles. The van der Waals surface area contributed by atoms with Gasteiger partial charge >= 0.3 is 0 Å². The molecule has 0 fully saturated rings. The van der Waals surface area contributed by atoms with Crippen LogP contribution in [0.4, 0.5) is 0 Å². The molecule has 1 unspecified atom stereocenters. The van der Waals surface area contributed by atoms with E-state index < -0.39 is 5.60 Å². The molecule has 0 radical (unpaired) electrons. The van der Waals surface area contributed by atoms with Crippen LogP contribution in [0.2, 0.25) is 0 Å². The number of nitrogens with zero attached hydrogens (tertiary/aromatic N) is 3. The van der Waals surface area contributed by atoms with Gasteiger partial charge in [0.05, 0.1) is 12.1 Å². The van der Waals surface area contributed by atoms with Crippen LogP contribution in [-0.2, 0) is 6.54 Å². The highest BCUT2D eigenvalue weighted by atomic mass is 16.3. The Morgan fingerprint density at radius 2 is 1.96 bits per heavy atom. The molecule has 0 saturated carbocycles. The molecule has 6 heteroatoms. The zero-order valence-electron chi connectivity index (χ0n) is 15.8. The van der Waals surface area contributed by atoms with Crippen molar-refractivity contribution in [3.8, 4) is 0 Å². The maximum Gasteiger partial charge on any atom is 0.191 e. The van der Waals surface area contributed by atoms with Crippen molar-refractivity contribution in [3.63, 3.8) is 0 Å². The molecule has 1 aromatic heterocycles. The highest BCUT2D eigenvalue weighted by Crippen LogP contribution is 2.19. The summed E-state index contributed by atoms with van der Waals surface area (Å²) in [6.45, 7) is 11.4. The van der Waals surface area contributed by atoms with Crippen molar-refractivity contribution in [2.24, 2.45) is 10.9 Å². The predicted octanol–water partition coefficient (Wildman–Crippen LogP) is 2.41. The molecule has 0 aliphatic heterocycles. The summed E-state index contributed by atoms with van der Waals surface area (Å²) in [5.41, 5.74) is -0.688. The molecule has 0 aromatic carbocycles. The summed E-state index contributed by atoms with van der Waals surface area (Å²) in [6.07, 6.45) is 7.30. The van der Waals surface area contributed by atoms with Crippen LogP contribution in [0.15, 0.2) is 23.5 Å². The molecule has 1 rings (SSSR count). The molecule has 1 aromatic rings. The summed E-state index contributed by atoms with van der Waals surface area (Å²) in [7, 11) is 0. The summed E-state index contributed by atoms with van der Waals surface area (Å²) in [5, 5.41) is 21.6. The molecule has 0 amide bonds. The zero-order chi connectivity index (χ0) is 17.8. The van der Waals surface area contributed by atoms with Gasteiger partial charge in [0, 0.05) is 32.0 Å². The first kappa shape index (κ1) is 20.5. The highest BCUT2D eigenvalue weighted by molar-refractivity contribution is 5.79. The quantitative estimate of drug-likeness (QED) is 0.428. The van der Waals surface area contributed by atoms with Crippen molar-refractivity contribution in [1.82, 2.24) is 20.4 Å². The van der Waals surface area contributed by atoms with Gasteiger partial charge in [-0.1, -0.05) is 33.6 Å². The van der Waals surface area contributed by atoms with E-state index in [9.17, 15) is 5.11 Å². The van der Waals surface area contributed by atoms with Crippen LogP contribution in [0, 0.1) is 5.92 Å². The fourth-order valence-corrected chi connectivity index (χ4v) is 2.85. The van der Waals surface area contributed by atoms with E-state index in [1.165, 1.54) is 0 Å². The summed E-state index contributed by atoms with van der Waals surface area (Å²) >= 11 is 0. The second kappa shape index (κ2) is 11.1. The van der Waals surface area contributed by atoms with Crippen molar-refractivity contribution in [3.05, 3.63) is 18.5 Å². The topological polar surface area (TPSA) is 74.5 Å². The van der Waals surface area contributed by atoms with Gasteiger partial charge in [0.25, 0.3) is 0 Å². The average Bonchev–Trinajstić information content (AvgIpc) is 3.03. The van der Waals surface area contributed by atoms with Crippen molar-refractivity contribution >= 4 is 5.96 Å². The summed E-state index contributed by atoms with van der Waals surface area (Å²) in [5.74, 6) is 1.20. The summed E-state index contributed by atoms with van der Waals surface area (Å²) in [6, 6.07) is 1.94. The standard InChI is InChI=1S/C18H35N5O/c1-5-9-18(24,10-6-2)15-21-17(19-7-3)20-13-16(4)14-23-12-8-11-22-23/h8,11-12,16,24H,5-7,9-10,13-15H2,1-4H3,(H2,19,20,21). The zero-order valence-corrected chi connectivity index (χ0v) is 15.8. The largest absolute Gasteiger partial charge is 0.388 e. The maximum absolute atomic E-state index is 10.7. The maximum atomic E-state index is 10.7. The molecule has 6 nitrogen and oxygen atoms in total. The van der Waals surface area contributed by atoms with Gasteiger partial charge in [-0.25, -0.2) is 0 Å². The highest BCUT2D eigenvalue weighted by Gasteiger charge is 2.24. The van der Waals surface area contributed by atoms with Gasteiger partial charge in [0.1, 0.15) is 0 Å². The molecule has 138 valence electrons. The van der Waals surface area contributed by atoms with Crippen molar-refractivity contribution in [1.29, 1.82) is 0 Å². The Hall–Kier alpha value is -1.56. The number of aliphatic imine (C=N–C) groups is 1. The van der Waals surface area contributed by atoms with Crippen LogP contribution in [0.25, 0.3) is 0 Å². The first-order chi connectivity index (χ1) is 11.5. The Kier molecular flexibility index (Phi) is 9.45. The van der Waals surface area contributed by atoms with Gasteiger partial charge in [0.2, 0.25) is 0 Å². The molecule has 0 saturated heterocycles. The molecule has 0 spiro atoms. The van der Waals surface area contributed by atoms with Gasteiger partial charge in [-0.15, -0.1) is 0 Å².